The molecule has 2 heterocycles. The van der Waals surface area contributed by atoms with Crippen molar-refractivity contribution >= 4 is 23.4 Å². The third kappa shape index (κ3) is 3.95. The number of carbonyl (C=O) groups is 1. The minimum Gasteiger partial charge on any atom is -0.497 e. The molecule has 0 saturated carbocycles. The summed E-state index contributed by atoms with van der Waals surface area (Å²) in [5.74, 6) is 2.08. The van der Waals surface area contributed by atoms with Crippen LogP contribution in [0.5, 0.6) is 17.4 Å². The van der Waals surface area contributed by atoms with Crippen LogP contribution in [0.15, 0.2) is 41.6 Å². The largest absolute Gasteiger partial charge is 0.497 e. The van der Waals surface area contributed by atoms with E-state index in [4.69, 9.17) is 14.2 Å². The molecule has 8 nitrogen and oxygen atoms in total. The van der Waals surface area contributed by atoms with Crippen molar-refractivity contribution in [1.82, 2.24) is 15.2 Å². The summed E-state index contributed by atoms with van der Waals surface area (Å²) in [6, 6.07) is 11.2. The van der Waals surface area contributed by atoms with E-state index in [0.29, 0.717) is 39.5 Å². The Hall–Kier alpha value is -3.33. The minimum absolute atomic E-state index is 0.193. The van der Waals surface area contributed by atoms with Gasteiger partial charge in [-0.05, 0) is 36.9 Å². The number of carbonyl (C=O) groups excluding carboxylic acids is 1. The number of hydrogen-bond donors (Lipinski definition) is 0. The second kappa shape index (κ2) is 9.04. The minimum atomic E-state index is -0.827. The first-order valence-electron chi connectivity index (χ1n) is 10.1. The Bertz CT molecular complexity index is 1170. The highest BCUT2D eigenvalue weighted by Gasteiger charge is 2.36. The lowest BCUT2D eigenvalue weighted by molar-refractivity contribution is -0.118. The molecule has 1 amide bonds. The summed E-state index contributed by atoms with van der Waals surface area (Å²) in [5.41, 5.74) is 3.57. The molecule has 32 heavy (non-hydrogen) atoms. The third-order valence-electron chi connectivity index (χ3n) is 5.08. The summed E-state index contributed by atoms with van der Waals surface area (Å²) in [4.78, 5) is 19.2. The molecule has 4 rings (SSSR count). The van der Waals surface area contributed by atoms with Gasteiger partial charge in [-0.15, -0.1) is 10.2 Å². The number of nitrogens with zero attached hydrogens (tertiary/aromatic N) is 4. The number of fused-ring (bicyclic) bond motifs is 3. The molecule has 0 unspecified atom stereocenters. The zero-order valence-corrected chi connectivity index (χ0v) is 19.4. The number of aryl methyl sites for hydroxylation is 1. The summed E-state index contributed by atoms with van der Waals surface area (Å²) in [5, 5.41) is 9.19. The predicted molar refractivity (Wildman–Crippen MR) is 122 cm³/mol. The lowest BCUT2D eigenvalue weighted by atomic mass is 10.0. The van der Waals surface area contributed by atoms with E-state index in [1.165, 1.54) is 18.7 Å². The first-order chi connectivity index (χ1) is 15.5. The normalized spacial score (nSPS) is 14.7. The second-order valence-corrected chi connectivity index (χ2v) is 8.40. The zero-order chi connectivity index (χ0) is 22.8. The van der Waals surface area contributed by atoms with Gasteiger partial charge >= 0.3 is 0 Å². The zero-order valence-electron chi connectivity index (χ0n) is 18.6. The molecule has 0 saturated heterocycles. The number of anilines is 1. The summed E-state index contributed by atoms with van der Waals surface area (Å²) in [7, 11) is 3.15. The monoisotopic (exact) mass is 452 g/mol. The van der Waals surface area contributed by atoms with Gasteiger partial charge in [-0.2, -0.15) is 4.98 Å². The maximum atomic E-state index is 12.9. The molecule has 3 aromatic rings. The fourth-order valence-electron chi connectivity index (χ4n) is 3.63. The van der Waals surface area contributed by atoms with Gasteiger partial charge in [0.1, 0.15) is 11.5 Å². The average Bonchev–Trinajstić information content (AvgIpc) is 2.92. The van der Waals surface area contributed by atoms with Gasteiger partial charge in [0.25, 0.3) is 0 Å². The Balaban J connectivity index is 1.98. The molecule has 0 spiro atoms. The van der Waals surface area contributed by atoms with Crippen LogP contribution in [0.2, 0.25) is 0 Å². The molecule has 0 radical (unpaired) electrons. The van der Waals surface area contributed by atoms with E-state index in [1.807, 2.05) is 38.1 Å². The Kier molecular flexibility index (Phi) is 6.18. The molecule has 1 aliphatic rings. The van der Waals surface area contributed by atoms with Gasteiger partial charge in [0.15, 0.2) is 5.69 Å². The number of thioether (sulfide) groups is 1. The summed E-state index contributed by atoms with van der Waals surface area (Å²) in [6.45, 7) is 5.50. The highest BCUT2D eigenvalue weighted by Crippen LogP contribution is 2.45. The fraction of sp³-hybridized carbons (Fsp3) is 0.304. The van der Waals surface area contributed by atoms with Crippen molar-refractivity contribution in [3.8, 4) is 28.6 Å². The van der Waals surface area contributed by atoms with Crippen LogP contribution in [0.3, 0.4) is 0 Å². The quantitative estimate of drug-likeness (QED) is 0.526. The van der Waals surface area contributed by atoms with Crippen molar-refractivity contribution in [1.29, 1.82) is 0 Å². The predicted octanol–water partition coefficient (Wildman–Crippen LogP) is 4.42. The second-order valence-electron chi connectivity index (χ2n) is 7.17. The lowest BCUT2D eigenvalue weighted by Gasteiger charge is -2.30. The topological polar surface area (TPSA) is 86.7 Å². The molecule has 2 aromatic carbocycles. The third-order valence-corrected chi connectivity index (χ3v) is 5.80. The van der Waals surface area contributed by atoms with Crippen LogP contribution in [0, 0.1) is 6.92 Å². The number of rotatable bonds is 5. The summed E-state index contributed by atoms with van der Waals surface area (Å²) in [6.07, 6.45) is -0.827. The van der Waals surface area contributed by atoms with Gasteiger partial charge in [-0.3, -0.25) is 9.69 Å². The Morgan fingerprint density at radius 2 is 1.97 bits per heavy atom. The highest BCUT2D eigenvalue weighted by atomic mass is 32.2. The van der Waals surface area contributed by atoms with Crippen molar-refractivity contribution in [2.75, 3.05) is 24.9 Å². The molecule has 9 heteroatoms. The van der Waals surface area contributed by atoms with Crippen LogP contribution in [-0.2, 0) is 4.79 Å². The fourth-order valence-corrected chi connectivity index (χ4v) is 4.14. The van der Waals surface area contributed by atoms with Gasteiger partial charge < -0.3 is 14.2 Å². The smallest absolute Gasteiger partial charge is 0.247 e. The van der Waals surface area contributed by atoms with E-state index in [9.17, 15) is 4.79 Å². The van der Waals surface area contributed by atoms with Gasteiger partial charge in [0.05, 0.1) is 25.5 Å². The van der Waals surface area contributed by atoms with Gasteiger partial charge in [0.2, 0.25) is 23.2 Å². The summed E-state index contributed by atoms with van der Waals surface area (Å²) < 4.78 is 17.3. The molecule has 0 fully saturated rings. The van der Waals surface area contributed by atoms with Crippen LogP contribution in [-0.4, -0.2) is 41.1 Å². The number of hydrogen-bond acceptors (Lipinski definition) is 8. The van der Waals surface area contributed by atoms with Gasteiger partial charge in [-0.1, -0.05) is 30.3 Å². The van der Waals surface area contributed by atoms with Gasteiger partial charge in [-0.25, -0.2) is 0 Å². The Morgan fingerprint density at radius 3 is 2.66 bits per heavy atom. The van der Waals surface area contributed by atoms with E-state index >= 15 is 0 Å². The molecule has 0 aliphatic carbocycles. The van der Waals surface area contributed by atoms with Crippen molar-refractivity contribution in [3.63, 3.8) is 0 Å². The molecule has 1 aromatic heterocycles. The van der Waals surface area contributed by atoms with E-state index in [-0.39, 0.29) is 5.91 Å². The maximum absolute atomic E-state index is 12.9. The van der Waals surface area contributed by atoms with Crippen molar-refractivity contribution < 1.29 is 19.0 Å². The first kappa shape index (κ1) is 21.9. The van der Waals surface area contributed by atoms with Crippen molar-refractivity contribution in [2.45, 2.75) is 32.2 Å². The molecular weight excluding hydrogens is 428 g/mol. The van der Waals surface area contributed by atoms with Crippen LogP contribution in [0.25, 0.3) is 11.3 Å². The number of amides is 1. The van der Waals surface area contributed by atoms with Crippen LogP contribution >= 0.6 is 11.8 Å². The van der Waals surface area contributed by atoms with E-state index in [1.54, 1.807) is 31.3 Å². The molecular formula is C23H24N4O4S. The average molecular weight is 453 g/mol. The number of benzene rings is 2. The van der Waals surface area contributed by atoms with Gasteiger partial charge in [0, 0.05) is 18.6 Å². The summed E-state index contributed by atoms with van der Waals surface area (Å²) >= 11 is 1.47. The van der Waals surface area contributed by atoms with Crippen molar-refractivity contribution in [3.05, 3.63) is 47.5 Å². The maximum Gasteiger partial charge on any atom is 0.247 e. The van der Waals surface area contributed by atoms with Crippen LogP contribution in [0.4, 0.5) is 5.69 Å². The number of methoxy groups -OCH3 is 2. The SMILES string of the molecule is CCSc1nnc2c(n1)O[C@H](c1ccc(OC)cc1OC)N(C(C)=O)c1ccc(C)cc1-2. The lowest BCUT2D eigenvalue weighted by Crippen LogP contribution is -2.36. The Labute approximate surface area is 190 Å². The molecule has 166 valence electrons. The number of aromatic nitrogens is 3. The first-order valence-corrected chi connectivity index (χ1v) is 11.1. The highest BCUT2D eigenvalue weighted by molar-refractivity contribution is 7.99. The Morgan fingerprint density at radius 1 is 1.16 bits per heavy atom. The molecule has 1 atom stereocenters. The molecule has 1 aliphatic heterocycles. The van der Waals surface area contributed by atoms with Crippen LogP contribution in [0.1, 0.15) is 31.2 Å². The number of ether oxygens (including phenoxy) is 3. The standard InChI is InChI=1S/C23H24N4O4S/c1-6-32-23-24-21-20(25-26-23)17-11-13(2)7-10-18(17)27(14(3)28)22(31-21)16-9-8-15(29-4)12-19(16)30-5/h7-12,22H,6H2,1-5H3/t22-/m1/s1. The molecule has 0 bridgehead atoms. The molecule has 0 N–H and O–H groups in total. The van der Waals surface area contributed by atoms with Crippen molar-refractivity contribution in [2.24, 2.45) is 0 Å². The van der Waals surface area contributed by atoms with E-state index < -0.39 is 6.23 Å². The van der Waals surface area contributed by atoms with E-state index in [2.05, 4.69) is 15.2 Å². The van der Waals surface area contributed by atoms with E-state index in [0.717, 1.165) is 16.9 Å². The van der Waals surface area contributed by atoms with Crippen LogP contribution < -0.4 is 19.1 Å².